The number of H-pyrrole nitrogens is 1. The Morgan fingerprint density at radius 1 is 1.16 bits per heavy atom. The molecule has 0 aliphatic rings. The first-order valence-electron chi connectivity index (χ1n) is 7.24. The van der Waals surface area contributed by atoms with Crippen LogP contribution in [0.1, 0.15) is 15.9 Å². The Morgan fingerprint density at radius 2 is 1.88 bits per heavy atom. The lowest BCUT2D eigenvalue weighted by atomic mass is 10.2. The number of rotatable bonds is 4. The number of aromatic amines is 1. The van der Waals surface area contributed by atoms with Gasteiger partial charge in [-0.2, -0.15) is 5.10 Å². The highest BCUT2D eigenvalue weighted by atomic mass is 16.6. The first kappa shape index (κ1) is 16.1. The molecule has 1 heterocycles. The van der Waals surface area contributed by atoms with Gasteiger partial charge < -0.3 is 4.98 Å². The molecule has 0 aliphatic heterocycles. The largest absolute Gasteiger partial charge is 0.321 e. The number of pyridine rings is 1. The Kier molecular flexibility index (Phi) is 4.34. The number of hydrazone groups is 1. The quantitative estimate of drug-likeness (QED) is 0.431. The number of non-ortho nitro benzene ring substituents is 1. The minimum atomic E-state index is -0.550. The number of benzene rings is 2. The Balaban J connectivity index is 1.74. The van der Waals surface area contributed by atoms with Crippen molar-refractivity contribution in [3.63, 3.8) is 0 Å². The number of aromatic nitrogens is 1. The zero-order valence-electron chi connectivity index (χ0n) is 12.8. The van der Waals surface area contributed by atoms with E-state index in [1.807, 2.05) is 18.2 Å². The van der Waals surface area contributed by atoms with E-state index in [0.717, 1.165) is 5.39 Å². The highest BCUT2D eigenvalue weighted by Crippen LogP contribution is 2.12. The number of carbonyl (C=O) groups is 1. The van der Waals surface area contributed by atoms with Gasteiger partial charge in [0, 0.05) is 23.2 Å². The standard InChI is InChI=1S/C17H12N4O4/c22-16-13(9-12-3-1-2-4-15(12)19-16)10-18-20-17(23)11-5-7-14(8-6-11)21(24)25/h1-10H,(H,19,22)(H,20,23). The van der Waals surface area contributed by atoms with Crippen LogP contribution in [0, 0.1) is 10.1 Å². The van der Waals surface area contributed by atoms with Gasteiger partial charge in [0.25, 0.3) is 17.2 Å². The summed E-state index contributed by atoms with van der Waals surface area (Å²) < 4.78 is 0. The third-order valence-electron chi connectivity index (χ3n) is 3.49. The van der Waals surface area contributed by atoms with Crippen molar-refractivity contribution in [3.8, 4) is 0 Å². The molecule has 0 bridgehead atoms. The molecule has 1 amide bonds. The van der Waals surface area contributed by atoms with Crippen LogP contribution in [-0.4, -0.2) is 22.0 Å². The van der Waals surface area contributed by atoms with Crippen molar-refractivity contribution < 1.29 is 9.72 Å². The normalized spacial score (nSPS) is 10.9. The fraction of sp³-hybridized carbons (Fsp3) is 0. The summed E-state index contributed by atoms with van der Waals surface area (Å²) in [5, 5.41) is 15.2. The number of para-hydroxylation sites is 1. The summed E-state index contributed by atoms with van der Waals surface area (Å²) in [7, 11) is 0. The maximum Gasteiger partial charge on any atom is 0.271 e. The van der Waals surface area contributed by atoms with E-state index in [9.17, 15) is 19.7 Å². The van der Waals surface area contributed by atoms with E-state index in [2.05, 4.69) is 15.5 Å². The molecule has 3 rings (SSSR count). The molecule has 0 aliphatic carbocycles. The maximum absolute atomic E-state index is 12.0. The average molecular weight is 336 g/mol. The van der Waals surface area contributed by atoms with Gasteiger partial charge in [-0.05, 0) is 29.7 Å². The highest BCUT2D eigenvalue weighted by Gasteiger charge is 2.08. The Labute approximate surface area is 141 Å². The lowest BCUT2D eigenvalue weighted by molar-refractivity contribution is -0.384. The van der Waals surface area contributed by atoms with Gasteiger partial charge in [-0.3, -0.25) is 19.7 Å². The van der Waals surface area contributed by atoms with Crippen LogP contribution in [0.5, 0.6) is 0 Å². The maximum atomic E-state index is 12.0. The second-order valence-corrected chi connectivity index (χ2v) is 5.14. The molecule has 0 fully saturated rings. The van der Waals surface area contributed by atoms with Gasteiger partial charge in [-0.25, -0.2) is 5.43 Å². The first-order valence-corrected chi connectivity index (χ1v) is 7.24. The topological polar surface area (TPSA) is 117 Å². The van der Waals surface area contributed by atoms with Crippen LogP contribution in [0.15, 0.2) is 64.5 Å². The molecule has 25 heavy (non-hydrogen) atoms. The van der Waals surface area contributed by atoms with Crippen LogP contribution in [0.25, 0.3) is 10.9 Å². The van der Waals surface area contributed by atoms with Gasteiger partial charge >= 0.3 is 0 Å². The number of amides is 1. The van der Waals surface area contributed by atoms with Crippen LogP contribution in [0.2, 0.25) is 0 Å². The number of hydrogen-bond donors (Lipinski definition) is 2. The molecule has 0 spiro atoms. The fourth-order valence-corrected chi connectivity index (χ4v) is 2.22. The Hall–Kier alpha value is -3.81. The monoisotopic (exact) mass is 336 g/mol. The van der Waals surface area contributed by atoms with Gasteiger partial charge in [0.05, 0.1) is 16.7 Å². The number of nitrogens with one attached hydrogen (secondary N) is 2. The van der Waals surface area contributed by atoms with Crippen LogP contribution in [0.4, 0.5) is 5.69 Å². The van der Waals surface area contributed by atoms with Crippen LogP contribution < -0.4 is 11.0 Å². The second kappa shape index (κ2) is 6.75. The molecular weight excluding hydrogens is 324 g/mol. The molecule has 3 aromatic rings. The van der Waals surface area contributed by atoms with Crippen molar-refractivity contribution in [1.29, 1.82) is 0 Å². The number of nitro groups is 1. The number of nitro benzene ring substituents is 1. The summed E-state index contributed by atoms with van der Waals surface area (Å²) in [6, 6.07) is 14.1. The van der Waals surface area contributed by atoms with Gasteiger partial charge in [-0.1, -0.05) is 18.2 Å². The smallest absolute Gasteiger partial charge is 0.271 e. The van der Waals surface area contributed by atoms with E-state index in [0.29, 0.717) is 11.1 Å². The Morgan fingerprint density at radius 3 is 2.60 bits per heavy atom. The van der Waals surface area contributed by atoms with Crippen molar-refractivity contribution >= 4 is 28.7 Å². The minimum Gasteiger partial charge on any atom is -0.321 e. The van der Waals surface area contributed by atoms with E-state index in [-0.39, 0.29) is 16.8 Å². The zero-order chi connectivity index (χ0) is 17.8. The van der Waals surface area contributed by atoms with Crippen molar-refractivity contribution in [2.75, 3.05) is 0 Å². The summed E-state index contributed by atoms with van der Waals surface area (Å²) in [5.74, 6) is -0.539. The SMILES string of the molecule is O=C(NN=Cc1cc2ccccc2[nH]c1=O)c1ccc([N+](=O)[O-])cc1. The number of carbonyl (C=O) groups excluding carboxylic acids is 1. The second-order valence-electron chi connectivity index (χ2n) is 5.14. The van der Waals surface area contributed by atoms with Crippen molar-refractivity contribution in [2.45, 2.75) is 0 Å². The van der Waals surface area contributed by atoms with Crippen LogP contribution in [-0.2, 0) is 0 Å². The molecule has 0 unspecified atom stereocenters. The van der Waals surface area contributed by atoms with Crippen molar-refractivity contribution in [2.24, 2.45) is 5.10 Å². The zero-order valence-corrected chi connectivity index (χ0v) is 12.8. The lowest BCUT2D eigenvalue weighted by Crippen LogP contribution is -2.19. The fourth-order valence-electron chi connectivity index (χ4n) is 2.22. The molecule has 0 saturated carbocycles. The predicted molar refractivity (Wildman–Crippen MR) is 92.7 cm³/mol. The number of nitrogens with zero attached hydrogens (tertiary/aromatic N) is 2. The molecular formula is C17H12N4O4. The summed E-state index contributed by atoms with van der Waals surface area (Å²) >= 11 is 0. The highest BCUT2D eigenvalue weighted by molar-refractivity contribution is 5.95. The van der Waals surface area contributed by atoms with Gasteiger partial charge in [0.2, 0.25) is 0 Å². The molecule has 0 saturated heterocycles. The molecule has 8 nitrogen and oxygen atoms in total. The summed E-state index contributed by atoms with van der Waals surface area (Å²) in [6.07, 6.45) is 1.24. The summed E-state index contributed by atoms with van der Waals surface area (Å²) in [5.41, 5.74) is 3.06. The van der Waals surface area contributed by atoms with E-state index < -0.39 is 10.8 Å². The average Bonchev–Trinajstić information content (AvgIpc) is 2.62. The molecule has 2 N–H and O–H groups in total. The van der Waals surface area contributed by atoms with E-state index in [4.69, 9.17) is 0 Å². The first-order chi connectivity index (χ1) is 12.0. The lowest BCUT2D eigenvalue weighted by Gasteiger charge is -2.00. The molecule has 1 aromatic heterocycles. The summed E-state index contributed by atoms with van der Waals surface area (Å²) in [4.78, 5) is 36.6. The third-order valence-corrected chi connectivity index (χ3v) is 3.49. The van der Waals surface area contributed by atoms with Crippen LogP contribution >= 0.6 is 0 Å². The van der Waals surface area contributed by atoms with Gasteiger partial charge in [-0.15, -0.1) is 0 Å². The molecule has 2 aromatic carbocycles. The van der Waals surface area contributed by atoms with E-state index in [1.54, 1.807) is 12.1 Å². The molecule has 8 heteroatoms. The van der Waals surface area contributed by atoms with Crippen molar-refractivity contribution in [1.82, 2.24) is 10.4 Å². The van der Waals surface area contributed by atoms with E-state index >= 15 is 0 Å². The summed E-state index contributed by atoms with van der Waals surface area (Å²) in [6.45, 7) is 0. The van der Waals surface area contributed by atoms with Crippen LogP contribution in [0.3, 0.4) is 0 Å². The third kappa shape index (κ3) is 3.58. The number of hydrogen-bond acceptors (Lipinski definition) is 5. The predicted octanol–water partition coefficient (Wildman–Crippen LogP) is 2.20. The Bertz CT molecular complexity index is 1040. The number of fused-ring (bicyclic) bond motifs is 1. The molecule has 124 valence electrons. The van der Waals surface area contributed by atoms with E-state index in [1.165, 1.54) is 30.5 Å². The minimum absolute atomic E-state index is 0.109. The van der Waals surface area contributed by atoms with Crippen molar-refractivity contribution in [3.05, 3.63) is 86.2 Å². The van der Waals surface area contributed by atoms with Gasteiger partial charge in [0.1, 0.15) is 0 Å². The molecule has 0 atom stereocenters. The molecule has 0 radical (unpaired) electrons. The van der Waals surface area contributed by atoms with Gasteiger partial charge in [0.15, 0.2) is 0 Å².